The van der Waals surface area contributed by atoms with Crippen molar-refractivity contribution in [3.8, 4) is 0 Å². The van der Waals surface area contributed by atoms with Gasteiger partial charge in [0, 0.05) is 6.42 Å². The summed E-state index contributed by atoms with van der Waals surface area (Å²) in [4.78, 5) is 0. The predicted molar refractivity (Wildman–Crippen MR) is 72.5 cm³/mol. The van der Waals surface area contributed by atoms with E-state index in [-0.39, 0.29) is 0 Å². The van der Waals surface area contributed by atoms with Crippen molar-refractivity contribution < 1.29 is 13.5 Å². The zero-order valence-corrected chi connectivity index (χ0v) is 12.7. The maximum atomic E-state index is 5.50. The Morgan fingerprint density at radius 3 is 2.24 bits per heavy atom. The highest BCUT2D eigenvalue weighted by Crippen LogP contribution is 2.61. The molecule has 1 aromatic heterocycles. The second-order valence-corrected chi connectivity index (χ2v) is 9.31. The van der Waals surface area contributed by atoms with Crippen LogP contribution in [-0.2, 0) is 33.0 Å². The third-order valence-corrected chi connectivity index (χ3v) is 7.12. The summed E-state index contributed by atoms with van der Waals surface area (Å²) in [6.45, 7) is 6.88. The number of hydrogen-bond acceptors (Lipinski definition) is 7. The molecule has 0 spiro atoms. The van der Waals surface area contributed by atoms with Gasteiger partial charge < -0.3 is 13.5 Å². The number of rotatable bonds is 8. The van der Waals surface area contributed by atoms with Gasteiger partial charge in [-0.15, -0.1) is 10.2 Å². The normalized spacial score (nSPS) is 11.9. The van der Waals surface area contributed by atoms with E-state index < -0.39 is 5.69 Å². The van der Waals surface area contributed by atoms with Crippen molar-refractivity contribution in [2.75, 3.05) is 13.2 Å². The van der Waals surface area contributed by atoms with E-state index in [1.54, 1.807) is 0 Å². The Morgan fingerprint density at radius 1 is 1.18 bits per heavy atom. The zero-order valence-electron chi connectivity index (χ0n) is 10.2. The summed E-state index contributed by atoms with van der Waals surface area (Å²) in [7, 11) is 0. The maximum absolute atomic E-state index is 5.50. The lowest BCUT2D eigenvalue weighted by atomic mass is 10.5. The molecule has 1 rings (SSSR count). The summed E-state index contributed by atoms with van der Waals surface area (Å²) in [5, 5.41) is 7.83. The molecule has 0 unspecified atom stereocenters. The van der Waals surface area contributed by atoms with Crippen LogP contribution in [0.5, 0.6) is 0 Å². The molecule has 0 aliphatic carbocycles. The van der Waals surface area contributed by atoms with Crippen molar-refractivity contribution in [1.82, 2.24) is 10.2 Å². The molecule has 17 heavy (non-hydrogen) atoms. The van der Waals surface area contributed by atoms with Crippen LogP contribution in [0.3, 0.4) is 0 Å². The third-order valence-electron chi connectivity index (χ3n) is 1.73. The standard InChI is InChI=1S/C9H17N2O3PS2/c1-4-8-10-11-9(14-8)7-17-15(16,12-5-2)13-6-3/h4-7H2,1-3H3. The van der Waals surface area contributed by atoms with Gasteiger partial charge in [0.05, 0.1) is 19.0 Å². The van der Waals surface area contributed by atoms with E-state index in [9.17, 15) is 0 Å². The molecule has 8 heteroatoms. The van der Waals surface area contributed by atoms with Crippen LogP contribution in [0.15, 0.2) is 4.42 Å². The molecule has 0 N–H and O–H groups in total. The molecule has 0 atom stereocenters. The van der Waals surface area contributed by atoms with Crippen molar-refractivity contribution in [3.63, 3.8) is 0 Å². The molecule has 0 aliphatic heterocycles. The molecular weight excluding hydrogens is 279 g/mol. The minimum atomic E-state index is -2.26. The highest BCUT2D eigenvalue weighted by Gasteiger charge is 2.20. The van der Waals surface area contributed by atoms with Crippen LogP contribution >= 0.6 is 17.1 Å². The Labute approximate surface area is 111 Å². The lowest BCUT2D eigenvalue weighted by Crippen LogP contribution is -1.93. The lowest BCUT2D eigenvalue weighted by molar-refractivity contribution is 0.280. The van der Waals surface area contributed by atoms with Gasteiger partial charge >= 0.3 is 0 Å². The molecule has 0 saturated heterocycles. The molecule has 1 aromatic rings. The van der Waals surface area contributed by atoms with Crippen molar-refractivity contribution in [2.45, 2.75) is 32.9 Å². The summed E-state index contributed by atoms with van der Waals surface area (Å²) in [5.74, 6) is 1.74. The SMILES string of the molecule is CCOP(=S)(OCC)SCc1nnc(CC)o1. The molecule has 5 nitrogen and oxygen atoms in total. The molecule has 0 amide bonds. The smallest absolute Gasteiger partial charge is 0.247 e. The molecule has 0 saturated carbocycles. The van der Waals surface area contributed by atoms with Crippen molar-refractivity contribution in [3.05, 3.63) is 11.8 Å². The Bertz CT molecular complexity index is 376. The largest absolute Gasteiger partial charge is 0.424 e. The van der Waals surface area contributed by atoms with E-state index in [4.69, 9.17) is 25.3 Å². The van der Waals surface area contributed by atoms with Gasteiger partial charge in [0.2, 0.25) is 17.5 Å². The van der Waals surface area contributed by atoms with Gasteiger partial charge in [-0.1, -0.05) is 18.3 Å². The fourth-order valence-corrected chi connectivity index (χ4v) is 5.29. The van der Waals surface area contributed by atoms with E-state index in [1.807, 2.05) is 20.8 Å². The fraction of sp³-hybridized carbons (Fsp3) is 0.778. The molecule has 0 radical (unpaired) electrons. The second-order valence-electron chi connectivity index (χ2n) is 3.00. The van der Waals surface area contributed by atoms with E-state index in [0.29, 0.717) is 30.7 Å². The minimum absolute atomic E-state index is 0.532. The van der Waals surface area contributed by atoms with Gasteiger partial charge in [0.15, 0.2) is 0 Å². The summed E-state index contributed by atoms with van der Waals surface area (Å²) in [6, 6.07) is 0. The van der Waals surface area contributed by atoms with E-state index in [2.05, 4.69) is 10.2 Å². The van der Waals surface area contributed by atoms with Crippen LogP contribution in [0.25, 0.3) is 0 Å². The average molecular weight is 296 g/mol. The zero-order chi connectivity index (χ0) is 12.7. The van der Waals surface area contributed by atoms with Crippen LogP contribution in [0, 0.1) is 0 Å². The minimum Gasteiger partial charge on any atom is -0.424 e. The first-order valence-corrected chi connectivity index (χ1v) is 9.71. The van der Waals surface area contributed by atoms with Gasteiger partial charge in [0.1, 0.15) is 0 Å². The van der Waals surface area contributed by atoms with E-state index in [1.165, 1.54) is 11.4 Å². The Kier molecular flexibility index (Phi) is 6.66. The fourth-order valence-electron chi connectivity index (χ4n) is 1.05. The highest BCUT2D eigenvalue weighted by atomic mass is 32.9. The molecule has 1 heterocycles. The number of aryl methyl sites for hydroxylation is 1. The third kappa shape index (κ3) is 5.06. The molecule has 0 aromatic carbocycles. The molecule has 0 aliphatic rings. The summed E-state index contributed by atoms with van der Waals surface area (Å²) in [6.07, 6.45) is 0.739. The number of nitrogens with zero attached hydrogens (tertiary/aromatic N) is 2. The van der Waals surface area contributed by atoms with Crippen molar-refractivity contribution in [2.24, 2.45) is 0 Å². The summed E-state index contributed by atoms with van der Waals surface area (Å²) >= 11 is 6.81. The monoisotopic (exact) mass is 296 g/mol. The summed E-state index contributed by atoms with van der Waals surface area (Å²) in [5.41, 5.74) is -2.26. The van der Waals surface area contributed by atoms with Gasteiger partial charge in [-0.05, 0) is 25.7 Å². The lowest BCUT2D eigenvalue weighted by Gasteiger charge is -2.18. The summed E-state index contributed by atoms with van der Waals surface area (Å²) < 4.78 is 16.4. The molecule has 98 valence electrons. The topological polar surface area (TPSA) is 57.4 Å². The van der Waals surface area contributed by atoms with Gasteiger partial charge in [-0.2, -0.15) is 0 Å². The number of aromatic nitrogens is 2. The van der Waals surface area contributed by atoms with E-state index in [0.717, 1.165) is 6.42 Å². The van der Waals surface area contributed by atoms with Crippen LogP contribution in [0.4, 0.5) is 0 Å². The van der Waals surface area contributed by atoms with Gasteiger partial charge in [-0.3, -0.25) is 0 Å². The quantitative estimate of drug-likeness (QED) is 0.683. The first-order chi connectivity index (χ1) is 8.13. The predicted octanol–water partition coefficient (Wildman–Crippen LogP) is 3.16. The Hall–Kier alpha value is 0.0600. The Balaban J connectivity index is 2.54. The average Bonchev–Trinajstić information content (AvgIpc) is 2.75. The molecular formula is C9H17N2O3PS2. The first-order valence-electron chi connectivity index (χ1n) is 5.48. The highest BCUT2D eigenvalue weighted by molar-refractivity contribution is 8.67. The van der Waals surface area contributed by atoms with Crippen molar-refractivity contribution >= 4 is 28.9 Å². The number of hydrogen-bond donors (Lipinski definition) is 0. The van der Waals surface area contributed by atoms with Crippen LogP contribution in [0.1, 0.15) is 32.6 Å². The van der Waals surface area contributed by atoms with Crippen LogP contribution in [-0.4, -0.2) is 23.4 Å². The Morgan fingerprint density at radius 2 is 1.76 bits per heavy atom. The maximum Gasteiger partial charge on any atom is 0.247 e. The van der Waals surface area contributed by atoms with Crippen LogP contribution in [0.2, 0.25) is 0 Å². The van der Waals surface area contributed by atoms with Crippen LogP contribution < -0.4 is 0 Å². The molecule has 0 fully saturated rings. The second kappa shape index (κ2) is 7.48. The van der Waals surface area contributed by atoms with Gasteiger partial charge in [0.25, 0.3) is 0 Å². The van der Waals surface area contributed by atoms with Crippen molar-refractivity contribution in [1.29, 1.82) is 0 Å². The first kappa shape index (κ1) is 15.1. The molecule has 0 bridgehead atoms. The van der Waals surface area contributed by atoms with Gasteiger partial charge in [-0.25, -0.2) is 0 Å². The van der Waals surface area contributed by atoms with E-state index >= 15 is 0 Å².